The first-order chi connectivity index (χ1) is 9.18. The number of fused-ring (bicyclic) bond motifs is 1. The lowest BCUT2D eigenvalue weighted by Gasteiger charge is -2.34. The maximum Gasteiger partial charge on any atom is 0.310 e. The van der Waals surface area contributed by atoms with E-state index in [1.807, 2.05) is 4.90 Å². The number of nitrogens with zero attached hydrogens (tertiary/aromatic N) is 1. The quantitative estimate of drug-likeness (QED) is 0.516. The highest BCUT2D eigenvalue weighted by Gasteiger charge is 2.68. The van der Waals surface area contributed by atoms with Crippen LogP contribution in [0.3, 0.4) is 0 Å². The summed E-state index contributed by atoms with van der Waals surface area (Å²) >= 11 is 3.64. The van der Waals surface area contributed by atoms with E-state index in [1.165, 1.54) is 0 Å². The molecule has 2 saturated carbocycles. The van der Waals surface area contributed by atoms with E-state index >= 15 is 0 Å². The van der Waals surface area contributed by atoms with Gasteiger partial charge in [-0.3, -0.25) is 9.59 Å². The largest absolute Gasteiger partial charge is 0.461 e. The van der Waals surface area contributed by atoms with Gasteiger partial charge >= 0.3 is 5.97 Å². The van der Waals surface area contributed by atoms with Crippen molar-refractivity contribution in [3.05, 3.63) is 0 Å². The topological polar surface area (TPSA) is 55.8 Å². The van der Waals surface area contributed by atoms with Crippen molar-refractivity contribution < 1.29 is 19.1 Å². The van der Waals surface area contributed by atoms with Crippen LogP contribution >= 0.6 is 15.9 Å². The number of morpholine rings is 1. The number of alkyl halides is 1. The van der Waals surface area contributed by atoms with Gasteiger partial charge in [-0.15, -0.1) is 0 Å². The second-order valence-corrected chi connectivity index (χ2v) is 6.96. The number of halogens is 1. The maximum absolute atomic E-state index is 12.7. The molecule has 0 radical (unpaired) electrons. The van der Waals surface area contributed by atoms with Crippen molar-refractivity contribution in [2.24, 2.45) is 23.7 Å². The van der Waals surface area contributed by atoms with Crippen LogP contribution in [-0.2, 0) is 19.1 Å². The molecule has 0 unspecified atom stereocenters. The predicted molar refractivity (Wildman–Crippen MR) is 68.6 cm³/mol. The van der Waals surface area contributed by atoms with Crippen molar-refractivity contribution in [1.29, 1.82) is 0 Å². The van der Waals surface area contributed by atoms with Crippen LogP contribution in [0.15, 0.2) is 0 Å². The van der Waals surface area contributed by atoms with Crippen molar-refractivity contribution in [2.75, 3.05) is 26.3 Å². The van der Waals surface area contributed by atoms with E-state index in [2.05, 4.69) is 15.9 Å². The number of carbonyl (C=O) groups is 2. The highest BCUT2D eigenvalue weighted by molar-refractivity contribution is 9.09. The second-order valence-electron chi connectivity index (χ2n) is 5.90. The van der Waals surface area contributed by atoms with Gasteiger partial charge in [-0.2, -0.15) is 0 Å². The van der Waals surface area contributed by atoms with Gasteiger partial charge in [0.2, 0.25) is 5.91 Å². The first-order valence-electron chi connectivity index (χ1n) is 6.89. The standard InChI is InChI=1S/C13H16BrNO4/c14-10-6-5-7-9(13(17)19-11(7)10)8(6)12(16)15-1-3-18-4-2-15/h6-11H,1-5H2/t6-,7+,8+,9-,10+,11-/m0/s1. The average Bonchev–Trinajstić information content (AvgIpc) is 3.03. The highest BCUT2D eigenvalue weighted by atomic mass is 79.9. The molecule has 0 aromatic carbocycles. The molecule has 4 aliphatic rings. The molecule has 2 bridgehead atoms. The lowest BCUT2D eigenvalue weighted by Crippen LogP contribution is -2.49. The number of esters is 1. The fourth-order valence-electron chi connectivity index (χ4n) is 4.30. The summed E-state index contributed by atoms with van der Waals surface area (Å²) in [5, 5.41) is 0. The van der Waals surface area contributed by atoms with Gasteiger partial charge < -0.3 is 14.4 Å². The van der Waals surface area contributed by atoms with Crippen LogP contribution in [0.2, 0.25) is 0 Å². The summed E-state index contributed by atoms with van der Waals surface area (Å²) in [5.74, 6) is 0.0881. The normalized spacial score (nSPS) is 47.6. The monoisotopic (exact) mass is 329 g/mol. The Morgan fingerprint density at radius 2 is 2.00 bits per heavy atom. The average molecular weight is 330 g/mol. The third-order valence-electron chi connectivity index (χ3n) is 5.13. The molecule has 2 saturated heterocycles. The zero-order valence-electron chi connectivity index (χ0n) is 10.5. The lowest BCUT2D eigenvalue weighted by atomic mass is 9.79. The molecule has 2 heterocycles. The number of carbonyl (C=O) groups excluding carboxylic acids is 2. The summed E-state index contributed by atoms with van der Waals surface area (Å²) in [6.45, 7) is 2.49. The molecule has 5 nitrogen and oxygen atoms in total. The zero-order valence-corrected chi connectivity index (χ0v) is 12.0. The number of rotatable bonds is 1. The fraction of sp³-hybridized carbons (Fsp3) is 0.846. The van der Waals surface area contributed by atoms with E-state index in [4.69, 9.17) is 9.47 Å². The summed E-state index contributed by atoms with van der Waals surface area (Å²) in [4.78, 5) is 26.7. The summed E-state index contributed by atoms with van der Waals surface area (Å²) in [5.41, 5.74) is 0. The van der Waals surface area contributed by atoms with Gasteiger partial charge in [0.1, 0.15) is 6.10 Å². The SMILES string of the molecule is O=C1O[C@@H]2[C@H](Br)[C@H]3C[C@@H]2[C@H]1[C@@H]3C(=O)N1CCOCC1. The fourth-order valence-corrected chi connectivity index (χ4v) is 5.35. The Labute approximate surface area is 119 Å². The minimum Gasteiger partial charge on any atom is -0.461 e. The molecule has 104 valence electrons. The third kappa shape index (κ3) is 1.56. The molecule has 19 heavy (non-hydrogen) atoms. The first-order valence-corrected chi connectivity index (χ1v) is 7.81. The van der Waals surface area contributed by atoms with Gasteiger partial charge in [-0.1, -0.05) is 15.9 Å². The van der Waals surface area contributed by atoms with Crippen LogP contribution in [0, 0.1) is 23.7 Å². The van der Waals surface area contributed by atoms with E-state index in [0.717, 1.165) is 6.42 Å². The molecule has 4 fully saturated rings. The van der Waals surface area contributed by atoms with Gasteiger partial charge in [0.15, 0.2) is 0 Å². The van der Waals surface area contributed by atoms with Crippen LogP contribution in [0.4, 0.5) is 0 Å². The molecule has 0 spiro atoms. The molecular weight excluding hydrogens is 314 g/mol. The molecule has 6 heteroatoms. The Morgan fingerprint density at radius 1 is 1.26 bits per heavy atom. The Kier molecular flexibility index (Phi) is 2.68. The third-order valence-corrected chi connectivity index (χ3v) is 6.33. The zero-order chi connectivity index (χ0) is 13.1. The minimum atomic E-state index is -0.195. The van der Waals surface area contributed by atoms with Crippen molar-refractivity contribution in [1.82, 2.24) is 4.90 Å². The molecule has 4 rings (SSSR count). The van der Waals surface area contributed by atoms with Crippen LogP contribution in [0.5, 0.6) is 0 Å². The number of amides is 1. The molecular formula is C13H16BrNO4. The summed E-state index contributed by atoms with van der Waals surface area (Å²) in [6.07, 6.45) is 0.939. The van der Waals surface area contributed by atoms with Gasteiger partial charge in [-0.25, -0.2) is 0 Å². The maximum atomic E-state index is 12.7. The van der Waals surface area contributed by atoms with E-state index in [-0.39, 0.29) is 46.5 Å². The summed E-state index contributed by atoms with van der Waals surface area (Å²) in [6, 6.07) is 0. The Hall–Kier alpha value is -0.620. The molecule has 2 aliphatic heterocycles. The van der Waals surface area contributed by atoms with E-state index < -0.39 is 0 Å². The minimum absolute atomic E-state index is 0.00348. The summed E-state index contributed by atoms with van der Waals surface area (Å²) in [7, 11) is 0. The molecule has 0 aromatic heterocycles. The van der Waals surface area contributed by atoms with Crippen molar-refractivity contribution in [2.45, 2.75) is 17.4 Å². The van der Waals surface area contributed by atoms with Gasteiger partial charge in [0.05, 0.1) is 29.9 Å². The number of hydrogen-bond donors (Lipinski definition) is 0. The Morgan fingerprint density at radius 3 is 2.74 bits per heavy atom. The predicted octanol–water partition coefficient (Wildman–Crippen LogP) is 0.416. The van der Waals surface area contributed by atoms with Crippen LogP contribution in [0.1, 0.15) is 6.42 Å². The molecule has 6 atom stereocenters. The van der Waals surface area contributed by atoms with E-state index in [9.17, 15) is 9.59 Å². The number of hydrogen-bond acceptors (Lipinski definition) is 4. The van der Waals surface area contributed by atoms with Crippen LogP contribution in [0.25, 0.3) is 0 Å². The summed E-state index contributed by atoms with van der Waals surface area (Å²) < 4.78 is 10.7. The lowest BCUT2D eigenvalue weighted by molar-refractivity contribution is -0.149. The van der Waals surface area contributed by atoms with Crippen molar-refractivity contribution in [3.63, 3.8) is 0 Å². The Balaban J connectivity index is 1.61. The van der Waals surface area contributed by atoms with Gasteiger partial charge in [0.25, 0.3) is 0 Å². The highest BCUT2D eigenvalue weighted by Crippen LogP contribution is 2.60. The van der Waals surface area contributed by atoms with E-state index in [0.29, 0.717) is 26.3 Å². The smallest absolute Gasteiger partial charge is 0.310 e. The molecule has 2 aliphatic carbocycles. The molecule has 0 aromatic rings. The second kappa shape index (κ2) is 4.19. The van der Waals surface area contributed by atoms with Gasteiger partial charge in [-0.05, 0) is 12.3 Å². The Bertz CT molecular complexity index is 436. The van der Waals surface area contributed by atoms with Gasteiger partial charge in [0, 0.05) is 19.0 Å². The van der Waals surface area contributed by atoms with Crippen LogP contribution < -0.4 is 0 Å². The van der Waals surface area contributed by atoms with Crippen LogP contribution in [-0.4, -0.2) is 54.0 Å². The van der Waals surface area contributed by atoms with Crippen molar-refractivity contribution in [3.8, 4) is 0 Å². The van der Waals surface area contributed by atoms with Crippen molar-refractivity contribution >= 4 is 27.8 Å². The number of ether oxygens (including phenoxy) is 2. The molecule has 0 N–H and O–H groups in total. The van der Waals surface area contributed by atoms with E-state index in [1.54, 1.807) is 0 Å². The molecule has 1 amide bonds. The first kappa shape index (κ1) is 12.1.